The quantitative estimate of drug-likeness (QED) is 0.378. The Balaban J connectivity index is 1.94. The Hall–Kier alpha value is -3.07. The molecule has 1 aliphatic carbocycles. The molecule has 0 aliphatic heterocycles. The molecular formula is C25H33ClN4O5. The van der Waals surface area contributed by atoms with Gasteiger partial charge in [-0.3, -0.25) is 10.1 Å². The minimum absolute atomic E-state index is 0.172. The van der Waals surface area contributed by atoms with Gasteiger partial charge < -0.3 is 14.4 Å². The molecule has 1 aromatic heterocycles. The summed E-state index contributed by atoms with van der Waals surface area (Å²) in [5, 5.41) is 6.52. The molecule has 1 fully saturated rings. The van der Waals surface area contributed by atoms with Crippen LogP contribution >= 0.6 is 11.6 Å². The zero-order valence-corrected chi connectivity index (χ0v) is 22.0. The topological polar surface area (TPSA) is 103 Å². The fraction of sp³-hybridized carbons (Fsp3) is 0.520. The lowest BCUT2D eigenvalue weighted by molar-refractivity contribution is 0.0508. The van der Waals surface area contributed by atoms with Crippen molar-refractivity contribution in [2.75, 3.05) is 5.32 Å². The number of amides is 2. The van der Waals surface area contributed by atoms with Crippen molar-refractivity contribution in [1.29, 1.82) is 0 Å². The molecule has 3 rings (SSSR count). The largest absolute Gasteiger partial charge is 0.444 e. The number of benzene rings is 1. The van der Waals surface area contributed by atoms with Gasteiger partial charge in [-0.2, -0.15) is 4.68 Å². The van der Waals surface area contributed by atoms with Crippen LogP contribution in [-0.4, -0.2) is 49.5 Å². The van der Waals surface area contributed by atoms with Crippen molar-refractivity contribution in [1.82, 2.24) is 14.7 Å². The van der Waals surface area contributed by atoms with E-state index >= 15 is 0 Å². The molecule has 35 heavy (non-hydrogen) atoms. The van der Waals surface area contributed by atoms with Crippen LogP contribution in [0.4, 0.5) is 20.2 Å². The SMILES string of the molecule is Cc1c(-c2ccc(CN(C(=O)Cl)C3CC3)cc2)c(NC(=O)OC(C)(C)C)nn1C(=O)OC(C)(C)C. The summed E-state index contributed by atoms with van der Waals surface area (Å²) in [6.07, 6.45) is 0.564. The van der Waals surface area contributed by atoms with Crippen molar-refractivity contribution < 1.29 is 23.9 Å². The standard InChI is InChI=1S/C25H33ClN4O5/c1-15-19(17-10-8-16(9-11-17)14-29(21(26)31)18-12-13-18)20(27-22(32)34-24(2,3)4)28-30(15)23(33)35-25(5,6)7/h8-11,18H,12-14H2,1-7H3,(H,27,28,32). The van der Waals surface area contributed by atoms with E-state index in [4.69, 9.17) is 21.1 Å². The summed E-state index contributed by atoms with van der Waals surface area (Å²) in [6, 6.07) is 7.66. The molecule has 1 aliphatic rings. The molecule has 0 radical (unpaired) electrons. The Kier molecular flexibility index (Phi) is 7.50. The number of carbonyl (C=O) groups is 3. The third-order valence-corrected chi connectivity index (χ3v) is 5.33. The molecule has 0 spiro atoms. The van der Waals surface area contributed by atoms with Crippen LogP contribution in [0.1, 0.15) is 65.6 Å². The third kappa shape index (κ3) is 7.21. The van der Waals surface area contributed by atoms with Gasteiger partial charge >= 0.3 is 17.6 Å². The highest BCUT2D eigenvalue weighted by atomic mass is 35.5. The van der Waals surface area contributed by atoms with Crippen molar-refractivity contribution in [3.05, 3.63) is 35.5 Å². The van der Waals surface area contributed by atoms with Crippen LogP contribution in [0.5, 0.6) is 0 Å². The van der Waals surface area contributed by atoms with E-state index in [1.54, 1.807) is 53.4 Å². The van der Waals surface area contributed by atoms with Crippen molar-refractivity contribution in [2.24, 2.45) is 0 Å². The van der Waals surface area contributed by atoms with E-state index in [0.717, 1.165) is 28.7 Å². The summed E-state index contributed by atoms with van der Waals surface area (Å²) in [5.74, 6) is 0.172. The Morgan fingerprint density at radius 3 is 2.11 bits per heavy atom. The fourth-order valence-electron chi connectivity index (χ4n) is 3.51. The van der Waals surface area contributed by atoms with Gasteiger partial charge in [0.1, 0.15) is 11.2 Å². The molecule has 0 atom stereocenters. The molecule has 1 aromatic carbocycles. The lowest BCUT2D eigenvalue weighted by Crippen LogP contribution is -2.29. The maximum Gasteiger partial charge on any atom is 0.435 e. The van der Waals surface area contributed by atoms with Crippen LogP contribution in [0, 0.1) is 6.92 Å². The summed E-state index contributed by atoms with van der Waals surface area (Å²) in [5.41, 5.74) is 1.26. The molecule has 1 heterocycles. The first-order chi connectivity index (χ1) is 16.1. The third-order valence-electron chi connectivity index (χ3n) is 5.11. The fourth-order valence-corrected chi connectivity index (χ4v) is 3.71. The molecule has 190 valence electrons. The van der Waals surface area contributed by atoms with Gasteiger partial charge in [0.15, 0.2) is 5.82 Å². The smallest absolute Gasteiger partial charge is 0.435 e. The molecule has 10 heteroatoms. The molecule has 0 bridgehead atoms. The van der Waals surface area contributed by atoms with Crippen LogP contribution in [-0.2, 0) is 16.0 Å². The number of hydrogen-bond acceptors (Lipinski definition) is 6. The summed E-state index contributed by atoms with van der Waals surface area (Å²) in [6.45, 7) is 12.7. The van der Waals surface area contributed by atoms with Crippen LogP contribution in [0.2, 0.25) is 0 Å². The number of aromatic nitrogens is 2. The molecule has 0 saturated heterocycles. The zero-order valence-electron chi connectivity index (χ0n) is 21.3. The number of nitrogens with zero attached hydrogens (tertiary/aromatic N) is 3. The average molecular weight is 505 g/mol. The lowest BCUT2D eigenvalue weighted by Gasteiger charge is -2.20. The predicted octanol–water partition coefficient (Wildman–Crippen LogP) is 6.31. The minimum atomic E-state index is -0.719. The van der Waals surface area contributed by atoms with E-state index in [-0.39, 0.29) is 11.9 Å². The molecule has 1 N–H and O–H groups in total. The number of nitrogens with one attached hydrogen (secondary N) is 1. The number of anilines is 1. The van der Waals surface area contributed by atoms with Gasteiger partial charge in [-0.1, -0.05) is 24.3 Å². The monoisotopic (exact) mass is 504 g/mol. The molecule has 2 aromatic rings. The maximum absolute atomic E-state index is 12.8. The Morgan fingerprint density at radius 2 is 1.63 bits per heavy atom. The summed E-state index contributed by atoms with van der Waals surface area (Å²) in [7, 11) is 0. The van der Waals surface area contributed by atoms with E-state index in [1.165, 1.54) is 0 Å². The number of hydrogen-bond donors (Lipinski definition) is 1. The van der Waals surface area contributed by atoms with Crippen molar-refractivity contribution in [3.8, 4) is 11.1 Å². The molecule has 9 nitrogen and oxygen atoms in total. The van der Waals surface area contributed by atoms with E-state index in [9.17, 15) is 14.4 Å². The van der Waals surface area contributed by atoms with Crippen molar-refractivity contribution in [2.45, 2.75) is 85.1 Å². The molecule has 0 unspecified atom stereocenters. The first kappa shape index (κ1) is 26.5. The van der Waals surface area contributed by atoms with Gasteiger partial charge in [0.25, 0.3) is 0 Å². The molecule has 2 amide bonds. The first-order valence-corrected chi connectivity index (χ1v) is 11.9. The Bertz CT molecular complexity index is 1110. The number of halogens is 1. The Labute approximate surface area is 210 Å². The van der Waals surface area contributed by atoms with Crippen molar-refractivity contribution in [3.63, 3.8) is 0 Å². The number of ether oxygens (including phenoxy) is 2. The van der Waals surface area contributed by atoms with Gasteiger partial charge in [0.05, 0.1) is 5.69 Å². The highest BCUT2D eigenvalue weighted by Gasteiger charge is 2.32. The second kappa shape index (κ2) is 9.89. The molecular weight excluding hydrogens is 472 g/mol. The normalized spacial score (nSPS) is 13.8. The second-order valence-electron chi connectivity index (χ2n) is 10.6. The summed E-state index contributed by atoms with van der Waals surface area (Å²) in [4.78, 5) is 38.7. The predicted molar refractivity (Wildman–Crippen MR) is 134 cm³/mol. The lowest BCUT2D eigenvalue weighted by atomic mass is 10.0. The van der Waals surface area contributed by atoms with Crippen molar-refractivity contribution >= 4 is 35.0 Å². The minimum Gasteiger partial charge on any atom is -0.444 e. The van der Waals surface area contributed by atoms with Gasteiger partial charge in [-0.15, -0.1) is 5.10 Å². The van der Waals surface area contributed by atoms with E-state index in [1.807, 2.05) is 24.3 Å². The zero-order chi connectivity index (χ0) is 26.1. The Morgan fingerprint density at radius 1 is 1.06 bits per heavy atom. The van der Waals surface area contributed by atoms with Crippen LogP contribution in [0.25, 0.3) is 11.1 Å². The van der Waals surface area contributed by atoms with E-state index in [2.05, 4.69) is 10.4 Å². The second-order valence-corrected chi connectivity index (χ2v) is 11.0. The van der Waals surface area contributed by atoms with Gasteiger partial charge in [0.2, 0.25) is 0 Å². The highest BCUT2D eigenvalue weighted by molar-refractivity contribution is 6.62. The van der Waals surface area contributed by atoms with Crippen LogP contribution in [0.3, 0.4) is 0 Å². The average Bonchev–Trinajstić information content (AvgIpc) is 3.48. The summed E-state index contributed by atoms with van der Waals surface area (Å²) >= 11 is 5.75. The number of rotatable bonds is 5. The van der Waals surface area contributed by atoms with Gasteiger partial charge in [0, 0.05) is 18.2 Å². The molecule has 1 saturated carbocycles. The highest BCUT2D eigenvalue weighted by Crippen LogP contribution is 2.33. The van der Waals surface area contributed by atoms with E-state index in [0.29, 0.717) is 17.8 Å². The van der Waals surface area contributed by atoms with Gasteiger partial charge in [-0.25, -0.2) is 9.59 Å². The first-order valence-electron chi connectivity index (χ1n) is 11.5. The van der Waals surface area contributed by atoms with Crippen LogP contribution < -0.4 is 5.32 Å². The van der Waals surface area contributed by atoms with Gasteiger partial charge in [-0.05, 0) is 84.0 Å². The maximum atomic E-state index is 12.8. The van der Waals surface area contributed by atoms with E-state index < -0.39 is 28.8 Å². The summed E-state index contributed by atoms with van der Waals surface area (Å²) < 4.78 is 12.0. The number of carbonyl (C=O) groups excluding carboxylic acids is 3. The van der Waals surface area contributed by atoms with Crippen LogP contribution in [0.15, 0.2) is 24.3 Å².